The predicted octanol–water partition coefficient (Wildman–Crippen LogP) is 5.10. The van der Waals surface area contributed by atoms with Crippen LogP contribution < -0.4 is 24.5 Å². The lowest BCUT2D eigenvalue weighted by Gasteiger charge is -2.25. The van der Waals surface area contributed by atoms with Gasteiger partial charge in [-0.25, -0.2) is 9.79 Å². The van der Waals surface area contributed by atoms with Gasteiger partial charge >= 0.3 is 5.97 Å². The number of carbonyl (C=O) groups is 1. The summed E-state index contributed by atoms with van der Waals surface area (Å²) in [6.45, 7) is 4.20. The van der Waals surface area contributed by atoms with Crippen LogP contribution in [0, 0.1) is 0 Å². The number of halogens is 1. The lowest BCUT2D eigenvalue weighted by molar-refractivity contribution is -0.139. The number of allylic oxidation sites excluding steroid dienone is 1. The Morgan fingerprint density at radius 1 is 1.05 bits per heavy atom. The van der Waals surface area contributed by atoms with Crippen molar-refractivity contribution < 1.29 is 14.3 Å². The summed E-state index contributed by atoms with van der Waals surface area (Å²) in [6, 6.07) is 22.3. The Morgan fingerprint density at radius 3 is 2.37 bits per heavy atom. The van der Waals surface area contributed by atoms with Gasteiger partial charge in [0.1, 0.15) is 12.4 Å². The molecule has 0 spiro atoms. The zero-order chi connectivity index (χ0) is 29.1. The summed E-state index contributed by atoms with van der Waals surface area (Å²) in [5.41, 5.74) is 4.38. The van der Waals surface area contributed by atoms with Crippen molar-refractivity contribution in [3.63, 3.8) is 0 Å². The third-order valence-electron chi connectivity index (χ3n) is 6.74. The monoisotopic (exact) mass is 587 g/mol. The first-order valence-electron chi connectivity index (χ1n) is 13.2. The predicted molar refractivity (Wildman–Crippen MR) is 163 cm³/mol. The summed E-state index contributed by atoms with van der Waals surface area (Å²) in [4.78, 5) is 34.1. The van der Waals surface area contributed by atoms with E-state index in [1.54, 1.807) is 18.4 Å². The zero-order valence-electron chi connectivity index (χ0n) is 23.3. The first kappa shape index (κ1) is 28.4. The molecule has 1 aromatic heterocycles. The Morgan fingerprint density at radius 2 is 1.73 bits per heavy atom. The fourth-order valence-corrected chi connectivity index (χ4v) is 5.79. The van der Waals surface area contributed by atoms with Crippen LogP contribution in [0.3, 0.4) is 0 Å². The van der Waals surface area contributed by atoms with E-state index >= 15 is 0 Å². The summed E-state index contributed by atoms with van der Waals surface area (Å²) in [6.07, 6.45) is 1.84. The molecule has 41 heavy (non-hydrogen) atoms. The van der Waals surface area contributed by atoms with Crippen LogP contribution in [0.15, 0.2) is 93.9 Å². The number of ether oxygens (including phenoxy) is 2. The number of anilines is 1. The van der Waals surface area contributed by atoms with Gasteiger partial charge in [-0.2, -0.15) is 0 Å². The van der Waals surface area contributed by atoms with Crippen LogP contribution in [0.2, 0.25) is 5.02 Å². The van der Waals surface area contributed by atoms with Gasteiger partial charge in [-0.05, 0) is 73.0 Å². The third-order valence-corrected chi connectivity index (χ3v) is 7.97. The van der Waals surface area contributed by atoms with Gasteiger partial charge in [-0.1, -0.05) is 59.3 Å². The van der Waals surface area contributed by atoms with E-state index in [0.29, 0.717) is 32.2 Å². The van der Waals surface area contributed by atoms with Crippen molar-refractivity contribution in [1.29, 1.82) is 0 Å². The molecular formula is C32H30ClN3O4S. The minimum Gasteiger partial charge on any atom is -0.489 e. The fourth-order valence-electron chi connectivity index (χ4n) is 4.62. The van der Waals surface area contributed by atoms with Gasteiger partial charge in [0.25, 0.3) is 5.56 Å². The Hall–Kier alpha value is -4.14. The van der Waals surface area contributed by atoms with Gasteiger partial charge in [-0.3, -0.25) is 9.36 Å². The van der Waals surface area contributed by atoms with E-state index < -0.39 is 12.0 Å². The SMILES string of the molecule is CCOC(=O)C1=C(C)N=c2s/c(=C\c3ccc(OCc4ccc(Cl)cc4)cc3)c(=O)n2[C@@H]1c1ccc(N(C)C)cc1. The number of esters is 1. The van der Waals surface area contributed by atoms with Crippen molar-refractivity contribution in [3.8, 4) is 5.75 Å². The van der Waals surface area contributed by atoms with Crippen molar-refractivity contribution in [2.24, 2.45) is 4.99 Å². The topological polar surface area (TPSA) is 73.1 Å². The Labute approximate surface area is 247 Å². The Bertz CT molecular complexity index is 1770. The maximum absolute atomic E-state index is 13.8. The van der Waals surface area contributed by atoms with Gasteiger partial charge in [0.15, 0.2) is 4.80 Å². The number of fused-ring (bicyclic) bond motifs is 1. The fraction of sp³-hybridized carbons (Fsp3) is 0.219. The molecule has 210 valence electrons. The smallest absolute Gasteiger partial charge is 0.338 e. The minimum absolute atomic E-state index is 0.215. The number of hydrogen-bond acceptors (Lipinski definition) is 7. The molecule has 0 N–H and O–H groups in total. The van der Waals surface area contributed by atoms with E-state index in [9.17, 15) is 9.59 Å². The third kappa shape index (κ3) is 6.14. The molecule has 0 aliphatic carbocycles. The molecule has 7 nitrogen and oxygen atoms in total. The summed E-state index contributed by atoms with van der Waals surface area (Å²) in [7, 11) is 3.93. The molecule has 0 amide bonds. The summed E-state index contributed by atoms with van der Waals surface area (Å²) in [5.74, 6) is 0.244. The molecule has 4 aromatic rings. The summed E-state index contributed by atoms with van der Waals surface area (Å²) < 4.78 is 13.4. The lowest BCUT2D eigenvalue weighted by atomic mass is 9.95. The largest absolute Gasteiger partial charge is 0.489 e. The number of rotatable bonds is 8. The summed E-state index contributed by atoms with van der Waals surface area (Å²) in [5, 5.41) is 0.684. The molecule has 9 heteroatoms. The highest BCUT2D eigenvalue weighted by Gasteiger charge is 2.33. The van der Waals surface area contributed by atoms with E-state index in [4.69, 9.17) is 21.1 Å². The Kier molecular flexibility index (Phi) is 8.42. The molecular weight excluding hydrogens is 558 g/mol. The number of hydrogen-bond donors (Lipinski definition) is 0. The zero-order valence-corrected chi connectivity index (χ0v) is 24.8. The first-order chi connectivity index (χ1) is 19.7. The van der Waals surface area contributed by atoms with Crippen LogP contribution in [-0.4, -0.2) is 31.2 Å². The molecule has 5 rings (SSSR count). The van der Waals surface area contributed by atoms with Crippen LogP contribution in [0.5, 0.6) is 5.75 Å². The number of aromatic nitrogens is 1. The van der Waals surface area contributed by atoms with Gasteiger partial charge in [0.2, 0.25) is 0 Å². The quantitative estimate of drug-likeness (QED) is 0.268. The number of nitrogens with zero attached hydrogens (tertiary/aromatic N) is 3. The standard InChI is InChI=1S/C32H30ClN3O4S/c1-5-39-31(38)28-20(2)34-32-36(29(28)23-10-14-25(15-11-23)35(3)4)30(37)27(41-32)18-21-8-16-26(17-9-21)40-19-22-6-12-24(33)13-7-22/h6-18,29H,5,19H2,1-4H3/b27-18-/t29-/m1/s1. The van der Waals surface area contributed by atoms with Crippen LogP contribution in [-0.2, 0) is 16.1 Å². The highest BCUT2D eigenvalue weighted by molar-refractivity contribution is 7.07. The molecule has 0 radical (unpaired) electrons. The molecule has 3 aromatic carbocycles. The van der Waals surface area contributed by atoms with Crippen LogP contribution in [0.4, 0.5) is 5.69 Å². The number of benzene rings is 3. The van der Waals surface area contributed by atoms with Crippen LogP contribution in [0.25, 0.3) is 6.08 Å². The highest BCUT2D eigenvalue weighted by Crippen LogP contribution is 2.31. The molecule has 0 bridgehead atoms. The maximum atomic E-state index is 13.8. The normalized spacial score (nSPS) is 14.9. The molecule has 1 atom stereocenters. The van der Waals surface area contributed by atoms with Gasteiger partial charge in [0, 0.05) is 24.8 Å². The molecule has 0 saturated heterocycles. The number of carbonyl (C=O) groups excluding carboxylic acids is 1. The average Bonchev–Trinajstić information content (AvgIpc) is 3.26. The molecule has 0 unspecified atom stereocenters. The van der Waals surface area contributed by atoms with E-state index in [2.05, 4.69) is 4.99 Å². The van der Waals surface area contributed by atoms with Gasteiger partial charge in [-0.15, -0.1) is 0 Å². The summed E-state index contributed by atoms with van der Waals surface area (Å²) >= 11 is 7.25. The maximum Gasteiger partial charge on any atom is 0.338 e. The van der Waals surface area contributed by atoms with Crippen LogP contribution >= 0.6 is 22.9 Å². The number of thiazole rings is 1. The van der Waals surface area contributed by atoms with Crippen molar-refractivity contribution >= 4 is 40.7 Å². The molecule has 2 heterocycles. The van der Waals surface area contributed by atoms with Crippen LogP contribution in [0.1, 0.15) is 36.6 Å². The second-order valence-electron chi connectivity index (χ2n) is 9.77. The molecule has 1 aliphatic rings. The van der Waals surface area contributed by atoms with Gasteiger partial charge in [0.05, 0.1) is 28.5 Å². The van der Waals surface area contributed by atoms with E-state index in [-0.39, 0.29) is 12.2 Å². The second-order valence-corrected chi connectivity index (χ2v) is 11.2. The molecule has 0 fully saturated rings. The molecule has 1 aliphatic heterocycles. The van der Waals surface area contributed by atoms with Crippen molar-refractivity contribution in [2.75, 3.05) is 25.6 Å². The van der Waals surface area contributed by atoms with Crippen molar-refractivity contribution in [1.82, 2.24) is 4.57 Å². The average molecular weight is 588 g/mol. The Balaban J connectivity index is 1.49. The van der Waals surface area contributed by atoms with Crippen molar-refractivity contribution in [3.05, 3.63) is 125 Å². The van der Waals surface area contributed by atoms with E-state index in [0.717, 1.165) is 28.1 Å². The minimum atomic E-state index is -0.646. The first-order valence-corrected chi connectivity index (χ1v) is 14.4. The van der Waals surface area contributed by atoms with Crippen molar-refractivity contribution in [2.45, 2.75) is 26.5 Å². The second kappa shape index (κ2) is 12.2. The van der Waals surface area contributed by atoms with Gasteiger partial charge < -0.3 is 14.4 Å². The van der Waals surface area contributed by atoms with E-state index in [1.165, 1.54) is 11.3 Å². The van der Waals surface area contributed by atoms with E-state index in [1.807, 2.05) is 97.9 Å². The lowest BCUT2D eigenvalue weighted by Crippen LogP contribution is -2.39. The highest BCUT2D eigenvalue weighted by atomic mass is 35.5. The molecule has 0 saturated carbocycles.